The molecule has 18 heavy (non-hydrogen) atoms. The van der Waals surface area contributed by atoms with Crippen molar-refractivity contribution in [2.75, 3.05) is 0 Å². The van der Waals surface area contributed by atoms with Gasteiger partial charge in [0.25, 0.3) is 0 Å². The molecule has 0 heterocycles. The molecule has 1 aromatic rings. The molecule has 3 rings (SSSR count). The highest BCUT2D eigenvalue weighted by molar-refractivity contribution is 5.54. The first kappa shape index (κ1) is 11.3. The summed E-state index contributed by atoms with van der Waals surface area (Å²) >= 11 is 0. The van der Waals surface area contributed by atoms with E-state index in [4.69, 9.17) is 0 Å². The molecule has 2 bridgehead atoms. The molecule has 0 spiro atoms. The Bertz CT molecular complexity index is 681. The van der Waals surface area contributed by atoms with Crippen LogP contribution >= 0.6 is 0 Å². The Hall–Kier alpha value is -1.82. The zero-order chi connectivity index (χ0) is 12.5. The molecule has 0 aromatic heterocycles. The Labute approximate surface area is 108 Å². The molecule has 1 unspecified atom stereocenters. The van der Waals surface area contributed by atoms with Gasteiger partial charge < -0.3 is 0 Å². The van der Waals surface area contributed by atoms with Crippen LogP contribution < -0.4 is 10.4 Å². The Morgan fingerprint density at radius 3 is 2.83 bits per heavy atom. The molecule has 0 saturated heterocycles. The topological polar surface area (TPSA) is 0 Å². The summed E-state index contributed by atoms with van der Waals surface area (Å²) in [6, 6.07) is 6.79. The van der Waals surface area contributed by atoms with Crippen LogP contribution in [0, 0.1) is 0 Å². The summed E-state index contributed by atoms with van der Waals surface area (Å²) < 4.78 is 0. The second-order valence-corrected chi connectivity index (χ2v) is 5.27. The Balaban J connectivity index is 2.27. The second-order valence-electron chi connectivity index (χ2n) is 5.27. The lowest BCUT2D eigenvalue weighted by atomic mass is 9.87. The summed E-state index contributed by atoms with van der Waals surface area (Å²) in [5.74, 6) is 0.528. The van der Waals surface area contributed by atoms with Gasteiger partial charge in [0.2, 0.25) is 0 Å². The highest BCUT2D eigenvalue weighted by Crippen LogP contribution is 2.24. The number of allylic oxidation sites excluding steroid dienone is 6. The summed E-state index contributed by atoms with van der Waals surface area (Å²) in [5.41, 5.74) is 4.15. The van der Waals surface area contributed by atoms with Crippen molar-refractivity contribution in [2.24, 2.45) is 0 Å². The van der Waals surface area contributed by atoms with Crippen LogP contribution in [-0.4, -0.2) is 0 Å². The molecule has 0 N–H and O–H groups in total. The van der Waals surface area contributed by atoms with Gasteiger partial charge in [0.15, 0.2) is 0 Å². The zero-order valence-corrected chi connectivity index (χ0v) is 11.0. The first-order valence-electron chi connectivity index (χ1n) is 6.58. The van der Waals surface area contributed by atoms with Crippen molar-refractivity contribution < 1.29 is 0 Å². The maximum atomic E-state index is 2.39. The van der Waals surface area contributed by atoms with Crippen LogP contribution in [0.1, 0.15) is 31.7 Å². The summed E-state index contributed by atoms with van der Waals surface area (Å²) in [5, 5.41) is 2.68. The summed E-state index contributed by atoms with van der Waals surface area (Å²) in [6.07, 6.45) is 14.7. The lowest BCUT2D eigenvalue weighted by molar-refractivity contribution is 0.842. The number of fused-ring (bicyclic) bond motifs is 1. The van der Waals surface area contributed by atoms with Crippen LogP contribution in [0.3, 0.4) is 0 Å². The highest BCUT2D eigenvalue weighted by Gasteiger charge is 2.12. The molecule has 0 saturated carbocycles. The van der Waals surface area contributed by atoms with Gasteiger partial charge in [0.1, 0.15) is 0 Å². The fourth-order valence-electron chi connectivity index (χ4n) is 2.73. The monoisotopic (exact) mass is 234 g/mol. The fraction of sp³-hybridized carbons (Fsp3) is 0.222. The van der Waals surface area contributed by atoms with Gasteiger partial charge in [-0.1, -0.05) is 65.8 Å². The van der Waals surface area contributed by atoms with Crippen molar-refractivity contribution in [3.05, 3.63) is 69.7 Å². The Kier molecular flexibility index (Phi) is 2.79. The van der Waals surface area contributed by atoms with E-state index in [0.717, 1.165) is 6.42 Å². The minimum atomic E-state index is 0.528. The number of benzene rings is 1. The van der Waals surface area contributed by atoms with Gasteiger partial charge in [0, 0.05) is 5.92 Å². The maximum absolute atomic E-state index is 2.39. The van der Waals surface area contributed by atoms with Crippen LogP contribution in [0.2, 0.25) is 0 Å². The van der Waals surface area contributed by atoms with Crippen molar-refractivity contribution in [3.63, 3.8) is 0 Å². The number of rotatable bonds is 0. The molecule has 0 heteroatoms. The normalized spacial score (nSPS) is 27.9. The zero-order valence-electron chi connectivity index (χ0n) is 11.0. The van der Waals surface area contributed by atoms with E-state index in [-0.39, 0.29) is 0 Å². The lowest BCUT2D eigenvalue weighted by Crippen LogP contribution is -2.20. The molecule has 1 atom stereocenters. The van der Waals surface area contributed by atoms with Crippen molar-refractivity contribution in [1.29, 1.82) is 0 Å². The second kappa shape index (κ2) is 4.45. The van der Waals surface area contributed by atoms with Gasteiger partial charge >= 0.3 is 0 Å². The van der Waals surface area contributed by atoms with E-state index in [0.29, 0.717) is 5.92 Å². The minimum Gasteiger partial charge on any atom is -0.0834 e. The van der Waals surface area contributed by atoms with Crippen LogP contribution in [0.15, 0.2) is 53.6 Å². The fourth-order valence-corrected chi connectivity index (χ4v) is 2.73. The van der Waals surface area contributed by atoms with Crippen molar-refractivity contribution in [3.8, 4) is 0 Å². The van der Waals surface area contributed by atoms with E-state index in [1.54, 1.807) is 0 Å². The smallest absolute Gasteiger partial charge is 0.00644 e. The Morgan fingerprint density at radius 1 is 1.06 bits per heavy atom. The van der Waals surface area contributed by atoms with Gasteiger partial charge in [-0.15, -0.1) is 0 Å². The quantitative estimate of drug-likeness (QED) is 0.646. The Morgan fingerprint density at radius 2 is 1.94 bits per heavy atom. The first-order chi connectivity index (χ1) is 8.72. The minimum absolute atomic E-state index is 0.528. The summed E-state index contributed by atoms with van der Waals surface area (Å²) in [6.45, 7) is 4.34. The molecule has 0 amide bonds. The molecule has 0 nitrogen and oxygen atoms in total. The molecular weight excluding hydrogens is 216 g/mol. The molecule has 0 radical (unpaired) electrons. The molecule has 2 aliphatic rings. The predicted octanol–water partition coefficient (Wildman–Crippen LogP) is 3.20. The first-order valence-corrected chi connectivity index (χ1v) is 6.58. The molecule has 2 aliphatic carbocycles. The lowest BCUT2D eigenvalue weighted by Gasteiger charge is -2.18. The van der Waals surface area contributed by atoms with E-state index < -0.39 is 0 Å². The predicted molar refractivity (Wildman–Crippen MR) is 78.6 cm³/mol. The van der Waals surface area contributed by atoms with E-state index >= 15 is 0 Å². The van der Waals surface area contributed by atoms with E-state index in [1.807, 2.05) is 0 Å². The molecule has 90 valence electrons. The molecule has 0 aliphatic heterocycles. The van der Waals surface area contributed by atoms with E-state index in [9.17, 15) is 0 Å². The summed E-state index contributed by atoms with van der Waals surface area (Å²) in [7, 11) is 0. The van der Waals surface area contributed by atoms with Gasteiger partial charge in [-0.05, 0) is 36.3 Å². The largest absolute Gasteiger partial charge is 0.0834 e. The van der Waals surface area contributed by atoms with Gasteiger partial charge in [-0.2, -0.15) is 0 Å². The third kappa shape index (κ3) is 2.11. The van der Waals surface area contributed by atoms with E-state index in [2.05, 4.69) is 68.5 Å². The molecular formula is C18H18. The van der Waals surface area contributed by atoms with Gasteiger partial charge in [-0.3, -0.25) is 0 Å². The van der Waals surface area contributed by atoms with Crippen LogP contribution in [0.5, 0.6) is 0 Å². The van der Waals surface area contributed by atoms with Crippen LogP contribution in [-0.2, 0) is 0 Å². The molecule has 1 aromatic carbocycles. The van der Waals surface area contributed by atoms with Crippen LogP contribution in [0.4, 0.5) is 0 Å². The summed E-state index contributed by atoms with van der Waals surface area (Å²) in [4.78, 5) is 0. The van der Waals surface area contributed by atoms with Crippen molar-refractivity contribution in [1.82, 2.24) is 0 Å². The average Bonchev–Trinajstić information content (AvgIpc) is 2.36. The van der Waals surface area contributed by atoms with E-state index in [1.165, 1.54) is 27.1 Å². The van der Waals surface area contributed by atoms with Gasteiger partial charge in [-0.25, -0.2) is 0 Å². The third-order valence-corrected chi connectivity index (χ3v) is 3.67. The number of hydrogen-bond donors (Lipinski definition) is 0. The van der Waals surface area contributed by atoms with Crippen molar-refractivity contribution in [2.45, 2.75) is 26.2 Å². The highest BCUT2D eigenvalue weighted by atomic mass is 14.2. The molecule has 0 fully saturated rings. The van der Waals surface area contributed by atoms with Crippen molar-refractivity contribution >= 4 is 12.2 Å². The SMILES string of the molecule is CC1=CC2C/C=C/C(C)=C\C=c3\ccc(c2c3)=C1. The number of hydrogen-bond acceptors (Lipinski definition) is 0. The van der Waals surface area contributed by atoms with Crippen LogP contribution in [0.25, 0.3) is 12.2 Å². The maximum Gasteiger partial charge on any atom is 0.00644 e. The average molecular weight is 234 g/mol. The van der Waals surface area contributed by atoms with Gasteiger partial charge in [0.05, 0.1) is 0 Å². The third-order valence-electron chi connectivity index (χ3n) is 3.67. The standard InChI is InChI=1S/C18H18/c1-13-4-3-5-16-10-14(2)11-17-9-8-15(7-6-13)12-18(16)17/h3-4,6-12,16H,5H2,1-2H3/b4-3+,13-6-,15-7-.